The lowest BCUT2D eigenvalue weighted by Crippen LogP contribution is -2.50. The van der Waals surface area contributed by atoms with Gasteiger partial charge < -0.3 is 9.84 Å². The van der Waals surface area contributed by atoms with Crippen LogP contribution in [0.1, 0.15) is 23.3 Å². The monoisotopic (exact) mass is 336 g/mol. The topological polar surface area (TPSA) is 110 Å². The average molecular weight is 337 g/mol. The summed E-state index contributed by atoms with van der Waals surface area (Å²) >= 11 is 0. The fourth-order valence-corrected chi connectivity index (χ4v) is 2.45. The molecule has 0 aliphatic heterocycles. The second-order valence-corrected chi connectivity index (χ2v) is 5.29. The van der Waals surface area contributed by atoms with E-state index in [1.54, 1.807) is 6.07 Å². The first-order chi connectivity index (χ1) is 10.7. The van der Waals surface area contributed by atoms with Gasteiger partial charge in [0.1, 0.15) is 0 Å². The lowest BCUT2D eigenvalue weighted by Gasteiger charge is -2.33. The van der Waals surface area contributed by atoms with Gasteiger partial charge in [-0.15, -0.1) is 12.4 Å². The molecule has 1 aliphatic carbocycles. The van der Waals surface area contributed by atoms with Crippen LogP contribution in [0, 0.1) is 5.92 Å². The Bertz CT molecular complexity index is 683. The number of hydrazine groups is 1. The molecule has 1 aromatic carbocycles. The van der Waals surface area contributed by atoms with E-state index in [1.165, 1.54) is 0 Å². The third-order valence-electron chi connectivity index (χ3n) is 3.79. The van der Waals surface area contributed by atoms with Crippen molar-refractivity contribution in [1.82, 2.24) is 15.9 Å². The van der Waals surface area contributed by atoms with E-state index >= 15 is 0 Å². The summed E-state index contributed by atoms with van der Waals surface area (Å²) in [4.78, 5) is 23.4. The number of hydrogen-bond acceptors (Lipinski definition) is 5. The van der Waals surface area contributed by atoms with Crippen molar-refractivity contribution in [2.75, 3.05) is 0 Å². The summed E-state index contributed by atoms with van der Waals surface area (Å²) in [6.45, 7) is 0. The minimum atomic E-state index is -0.303. The molecule has 2 amide bonds. The molecule has 122 valence electrons. The summed E-state index contributed by atoms with van der Waals surface area (Å²) in [6.07, 6.45) is 1.16. The van der Waals surface area contributed by atoms with Gasteiger partial charge in [0.25, 0.3) is 5.91 Å². The Kier molecular flexibility index (Phi) is 5.36. The number of nitrogens with two attached hydrogens (primary N) is 1. The predicted molar refractivity (Wildman–Crippen MR) is 85.5 cm³/mol. The molecule has 0 unspecified atom stereocenters. The van der Waals surface area contributed by atoms with E-state index in [4.69, 9.17) is 10.4 Å². The van der Waals surface area contributed by atoms with Crippen molar-refractivity contribution in [1.29, 1.82) is 0 Å². The highest BCUT2D eigenvalue weighted by Crippen LogP contribution is 2.27. The van der Waals surface area contributed by atoms with Crippen LogP contribution in [0.4, 0.5) is 0 Å². The average Bonchev–Trinajstić information content (AvgIpc) is 3.00. The lowest BCUT2D eigenvalue weighted by molar-refractivity contribution is -0.128. The Morgan fingerprint density at radius 1 is 1.22 bits per heavy atom. The van der Waals surface area contributed by atoms with Crippen LogP contribution < -0.4 is 16.6 Å². The molecule has 23 heavy (non-hydrogen) atoms. The molecule has 1 heterocycles. The van der Waals surface area contributed by atoms with E-state index in [0.717, 1.165) is 5.56 Å². The summed E-state index contributed by atoms with van der Waals surface area (Å²) in [5, 5.41) is 6.61. The summed E-state index contributed by atoms with van der Waals surface area (Å²) < 4.78 is 5.19. The number of benzene rings is 1. The van der Waals surface area contributed by atoms with Crippen LogP contribution in [-0.4, -0.2) is 23.0 Å². The van der Waals surface area contributed by atoms with Crippen molar-refractivity contribution in [3.63, 3.8) is 0 Å². The van der Waals surface area contributed by atoms with E-state index in [0.29, 0.717) is 18.6 Å². The molecule has 1 aromatic heterocycles. The number of hydrogen-bond donors (Lipinski definition) is 3. The third kappa shape index (κ3) is 3.69. The Morgan fingerprint density at radius 2 is 1.91 bits per heavy atom. The zero-order chi connectivity index (χ0) is 15.5. The van der Waals surface area contributed by atoms with Crippen molar-refractivity contribution in [2.45, 2.75) is 18.9 Å². The number of nitrogens with one attached hydrogen (secondary N) is 2. The number of carbonyl (C=O) groups is 2. The molecular weight excluding hydrogens is 320 g/mol. The van der Waals surface area contributed by atoms with Crippen molar-refractivity contribution in [3.05, 3.63) is 42.1 Å². The van der Waals surface area contributed by atoms with Crippen LogP contribution in [0.25, 0.3) is 11.3 Å². The number of rotatable bonds is 4. The van der Waals surface area contributed by atoms with Crippen molar-refractivity contribution in [3.8, 4) is 11.3 Å². The van der Waals surface area contributed by atoms with E-state index in [-0.39, 0.29) is 41.9 Å². The van der Waals surface area contributed by atoms with E-state index in [1.807, 2.05) is 30.3 Å². The molecule has 8 heteroatoms. The molecule has 1 aliphatic rings. The van der Waals surface area contributed by atoms with E-state index < -0.39 is 0 Å². The highest BCUT2D eigenvalue weighted by atomic mass is 35.5. The van der Waals surface area contributed by atoms with Gasteiger partial charge in [-0.25, -0.2) is 5.84 Å². The number of amides is 2. The molecule has 1 saturated carbocycles. The minimum absolute atomic E-state index is 0. The first kappa shape index (κ1) is 17.0. The number of halogens is 1. The van der Waals surface area contributed by atoms with Crippen LogP contribution in [0.15, 0.2) is 40.9 Å². The van der Waals surface area contributed by atoms with Crippen molar-refractivity contribution >= 4 is 24.2 Å². The van der Waals surface area contributed by atoms with E-state index in [2.05, 4.69) is 15.9 Å². The predicted octanol–water partition coefficient (Wildman–Crippen LogP) is 1.26. The fraction of sp³-hybridized carbons (Fsp3) is 0.267. The second kappa shape index (κ2) is 7.26. The molecule has 3 rings (SSSR count). The Labute approximate surface area is 139 Å². The summed E-state index contributed by atoms with van der Waals surface area (Å²) in [6, 6.07) is 11.0. The Balaban J connectivity index is 0.00000192. The standard InChI is InChI=1S/C15H16N4O3.ClH/c16-18-14(20)10-6-11(7-10)17-15(21)12-8-13(22-19-12)9-4-2-1-3-5-9;/h1-5,8,10-11H,6-7,16H2,(H,17,21)(H,18,20);1H/t10-,11-;. The molecule has 2 aromatic rings. The van der Waals surface area contributed by atoms with Gasteiger partial charge in [-0.05, 0) is 12.8 Å². The zero-order valence-corrected chi connectivity index (χ0v) is 13.0. The molecule has 0 radical (unpaired) electrons. The molecule has 1 fully saturated rings. The van der Waals surface area contributed by atoms with Gasteiger partial charge in [0, 0.05) is 23.6 Å². The molecule has 4 N–H and O–H groups in total. The van der Waals surface area contributed by atoms with Crippen LogP contribution >= 0.6 is 12.4 Å². The van der Waals surface area contributed by atoms with Crippen molar-refractivity contribution in [2.24, 2.45) is 11.8 Å². The molecule has 0 atom stereocenters. The smallest absolute Gasteiger partial charge is 0.273 e. The van der Waals surface area contributed by atoms with Gasteiger partial charge in [-0.1, -0.05) is 35.5 Å². The zero-order valence-electron chi connectivity index (χ0n) is 12.2. The van der Waals surface area contributed by atoms with Gasteiger partial charge in [-0.2, -0.15) is 0 Å². The molecule has 0 bridgehead atoms. The highest BCUT2D eigenvalue weighted by molar-refractivity contribution is 5.93. The number of aromatic nitrogens is 1. The van der Waals surface area contributed by atoms with Crippen LogP contribution in [0.3, 0.4) is 0 Å². The van der Waals surface area contributed by atoms with Crippen LogP contribution in [-0.2, 0) is 4.79 Å². The first-order valence-electron chi connectivity index (χ1n) is 7.01. The quantitative estimate of drug-likeness (QED) is 0.442. The maximum Gasteiger partial charge on any atom is 0.273 e. The Morgan fingerprint density at radius 3 is 2.57 bits per heavy atom. The molecule has 0 spiro atoms. The minimum Gasteiger partial charge on any atom is -0.355 e. The number of nitrogens with zero attached hydrogens (tertiary/aromatic N) is 1. The second-order valence-electron chi connectivity index (χ2n) is 5.29. The van der Waals surface area contributed by atoms with E-state index in [9.17, 15) is 9.59 Å². The molecular formula is C15H17ClN4O3. The summed E-state index contributed by atoms with van der Waals surface area (Å²) in [5.74, 6) is 4.98. The van der Waals surface area contributed by atoms with Gasteiger partial charge in [-0.3, -0.25) is 15.0 Å². The van der Waals surface area contributed by atoms with Gasteiger partial charge >= 0.3 is 0 Å². The lowest BCUT2D eigenvalue weighted by atomic mass is 9.79. The van der Waals surface area contributed by atoms with Crippen LogP contribution in [0.2, 0.25) is 0 Å². The maximum atomic E-state index is 12.1. The normalized spacial score (nSPS) is 19.2. The molecule has 7 nitrogen and oxygen atoms in total. The Hall–Kier alpha value is -2.38. The largest absolute Gasteiger partial charge is 0.355 e. The number of carbonyl (C=O) groups excluding carboxylic acids is 2. The third-order valence-corrected chi connectivity index (χ3v) is 3.79. The SMILES string of the molecule is Cl.NNC(=O)[C@H]1C[C@H](NC(=O)c2cc(-c3ccccc3)on2)C1. The fourth-order valence-electron chi connectivity index (χ4n) is 2.45. The maximum absolute atomic E-state index is 12.1. The van der Waals surface area contributed by atoms with Crippen LogP contribution in [0.5, 0.6) is 0 Å². The summed E-state index contributed by atoms with van der Waals surface area (Å²) in [7, 11) is 0. The summed E-state index contributed by atoms with van der Waals surface area (Å²) in [5.41, 5.74) is 3.20. The molecule has 0 saturated heterocycles. The van der Waals surface area contributed by atoms with Gasteiger partial charge in [0.05, 0.1) is 0 Å². The van der Waals surface area contributed by atoms with Gasteiger partial charge in [0.2, 0.25) is 5.91 Å². The highest BCUT2D eigenvalue weighted by Gasteiger charge is 2.35. The first-order valence-corrected chi connectivity index (χ1v) is 7.01. The van der Waals surface area contributed by atoms with Crippen molar-refractivity contribution < 1.29 is 14.1 Å². The van der Waals surface area contributed by atoms with Gasteiger partial charge in [0.15, 0.2) is 11.5 Å².